The lowest BCUT2D eigenvalue weighted by Crippen LogP contribution is -2.02. The second-order valence-electron chi connectivity index (χ2n) is 15.5. The number of aromatic nitrogens is 6. The third-order valence-electron chi connectivity index (χ3n) is 11.8. The Kier molecular flexibility index (Phi) is 8.38. The van der Waals surface area contributed by atoms with Crippen molar-refractivity contribution in [2.45, 2.75) is 0 Å². The van der Waals surface area contributed by atoms with Crippen molar-refractivity contribution in [1.82, 2.24) is 29.1 Å². The van der Waals surface area contributed by atoms with Crippen LogP contribution in [0.1, 0.15) is 0 Å². The first kappa shape index (κ1) is 35.5. The molecular weight excluding hydrogens is 757 g/mol. The Hall–Kier alpha value is -8.48. The lowest BCUT2D eigenvalue weighted by atomic mass is 10.0. The van der Waals surface area contributed by atoms with Crippen LogP contribution in [0.15, 0.2) is 218 Å². The van der Waals surface area contributed by atoms with Crippen molar-refractivity contribution in [2.24, 2.45) is 0 Å². The summed E-state index contributed by atoms with van der Waals surface area (Å²) in [4.78, 5) is 20.6. The summed E-state index contributed by atoms with van der Waals surface area (Å²) in [5.41, 5.74) is 12.4. The number of fused-ring (bicyclic) bond motifs is 6. The van der Waals surface area contributed by atoms with Crippen LogP contribution in [0.5, 0.6) is 0 Å². The molecule has 6 nitrogen and oxygen atoms in total. The summed E-state index contributed by atoms with van der Waals surface area (Å²) in [6.07, 6.45) is 0. The Morgan fingerprint density at radius 3 is 0.984 bits per heavy atom. The van der Waals surface area contributed by atoms with Crippen LogP contribution < -0.4 is 0 Å². The average Bonchev–Trinajstić information content (AvgIpc) is 3.87. The predicted molar refractivity (Wildman–Crippen MR) is 253 cm³/mol. The Morgan fingerprint density at radius 1 is 0.242 bits per heavy atom. The SMILES string of the molecule is c1ccc(-c2cc(-n3c4ccccc4c4cc(-c5ccc6c(c5)c5ccccc5n6-c5cc(-c6ccccc6)nc(-c6ccccc6)n5)ccc43)nc(-c3ccccc3)n2)cc1. The van der Waals surface area contributed by atoms with E-state index in [-0.39, 0.29) is 0 Å². The smallest absolute Gasteiger partial charge is 0.162 e. The molecule has 0 saturated heterocycles. The second kappa shape index (κ2) is 14.7. The minimum absolute atomic E-state index is 0.687. The molecule has 290 valence electrons. The van der Waals surface area contributed by atoms with Crippen LogP contribution >= 0.6 is 0 Å². The van der Waals surface area contributed by atoms with Crippen molar-refractivity contribution in [3.05, 3.63) is 218 Å². The molecule has 0 aliphatic carbocycles. The van der Waals surface area contributed by atoms with Crippen molar-refractivity contribution in [3.8, 4) is 68.1 Å². The van der Waals surface area contributed by atoms with E-state index < -0.39 is 0 Å². The minimum Gasteiger partial charge on any atom is -0.294 e. The molecule has 0 aliphatic heterocycles. The van der Waals surface area contributed by atoms with Crippen LogP contribution in [0.3, 0.4) is 0 Å². The van der Waals surface area contributed by atoms with Gasteiger partial charge in [-0.1, -0.05) is 170 Å². The van der Waals surface area contributed by atoms with Crippen molar-refractivity contribution in [1.29, 1.82) is 0 Å². The summed E-state index contributed by atoms with van der Waals surface area (Å²) in [5, 5.41) is 4.64. The average molecular weight is 793 g/mol. The van der Waals surface area contributed by atoms with E-state index in [0.29, 0.717) is 11.6 Å². The highest BCUT2D eigenvalue weighted by atomic mass is 15.1. The first-order chi connectivity index (χ1) is 30.7. The molecule has 4 aromatic heterocycles. The third kappa shape index (κ3) is 6.04. The Bertz CT molecular complexity index is 3260. The van der Waals surface area contributed by atoms with Gasteiger partial charge < -0.3 is 0 Å². The van der Waals surface area contributed by atoms with Gasteiger partial charge in [0.05, 0.1) is 33.5 Å². The summed E-state index contributed by atoms with van der Waals surface area (Å²) >= 11 is 0. The number of para-hydroxylation sites is 2. The molecule has 62 heavy (non-hydrogen) atoms. The summed E-state index contributed by atoms with van der Waals surface area (Å²) in [5.74, 6) is 3.01. The van der Waals surface area contributed by atoms with Gasteiger partial charge in [0.15, 0.2) is 11.6 Å². The summed E-state index contributed by atoms with van der Waals surface area (Å²) in [7, 11) is 0. The van der Waals surface area contributed by atoms with Gasteiger partial charge in [-0.05, 0) is 47.5 Å². The molecule has 0 atom stereocenters. The van der Waals surface area contributed by atoms with Crippen LogP contribution in [0, 0.1) is 0 Å². The highest BCUT2D eigenvalue weighted by Crippen LogP contribution is 2.39. The maximum Gasteiger partial charge on any atom is 0.162 e. The molecule has 0 amide bonds. The molecule has 0 N–H and O–H groups in total. The van der Waals surface area contributed by atoms with Crippen LogP contribution in [0.2, 0.25) is 0 Å². The first-order valence-corrected chi connectivity index (χ1v) is 20.8. The van der Waals surface area contributed by atoms with Crippen LogP contribution in [0.4, 0.5) is 0 Å². The van der Waals surface area contributed by atoms with Gasteiger partial charge in [-0.3, -0.25) is 9.13 Å². The third-order valence-corrected chi connectivity index (χ3v) is 11.8. The molecule has 0 saturated carbocycles. The fraction of sp³-hybridized carbons (Fsp3) is 0. The van der Waals surface area contributed by atoms with E-state index in [1.54, 1.807) is 0 Å². The molecule has 6 heteroatoms. The maximum atomic E-state index is 5.23. The quantitative estimate of drug-likeness (QED) is 0.161. The van der Waals surface area contributed by atoms with Crippen molar-refractivity contribution in [3.63, 3.8) is 0 Å². The van der Waals surface area contributed by atoms with Crippen LogP contribution in [-0.4, -0.2) is 29.1 Å². The second-order valence-corrected chi connectivity index (χ2v) is 15.5. The van der Waals surface area contributed by atoms with E-state index in [1.165, 1.54) is 0 Å². The molecule has 0 unspecified atom stereocenters. The van der Waals surface area contributed by atoms with Crippen molar-refractivity contribution >= 4 is 43.6 Å². The number of hydrogen-bond donors (Lipinski definition) is 0. The molecule has 0 bridgehead atoms. The largest absolute Gasteiger partial charge is 0.294 e. The Balaban J connectivity index is 1.02. The van der Waals surface area contributed by atoms with Gasteiger partial charge in [-0.2, -0.15) is 0 Å². The highest BCUT2D eigenvalue weighted by Gasteiger charge is 2.20. The van der Waals surface area contributed by atoms with Crippen molar-refractivity contribution < 1.29 is 0 Å². The van der Waals surface area contributed by atoms with Gasteiger partial charge in [-0.15, -0.1) is 0 Å². The zero-order valence-corrected chi connectivity index (χ0v) is 33.5. The fourth-order valence-electron chi connectivity index (χ4n) is 8.84. The number of rotatable bonds is 7. The van der Waals surface area contributed by atoms with E-state index in [1.807, 2.05) is 48.5 Å². The molecule has 0 aliphatic rings. The molecule has 0 radical (unpaired) electrons. The lowest BCUT2D eigenvalue weighted by molar-refractivity contribution is 1.05. The topological polar surface area (TPSA) is 61.4 Å². The monoisotopic (exact) mass is 792 g/mol. The van der Waals surface area contributed by atoms with E-state index in [2.05, 4.69) is 179 Å². The Morgan fingerprint density at radius 2 is 0.581 bits per heavy atom. The summed E-state index contributed by atoms with van der Waals surface area (Å²) < 4.78 is 4.56. The summed E-state index contributed by atoms with van der Waals surface area (Å²) in [6.45, 7) is 0. The van der Waals surface area contributed by atoms with Gasteiger partial charge in [0.1, 0.15) is 11.6 Å². The van der Waals surface area contributed by atoms with Gasteiger partial charge in [0.2, 0.25) is 0 Å². The number of nitrogens with zero attached hydrogens (tertiary/aromatic N) is 6. The molecular formula is C56H36N6. The molecule has 12 aromatic rings. The van der Waals surface area contributed by atoms with Gasteiger partial charge in [0, 0.05) is 55.9 Å². The highest BCUT2D eigenvalue weighted by molar-refractivity contribution is 6.12. The Labute approximate surface area is 357 Å². The van der Waals surface area contributed by atoms with E-state index in [9.17, 15) is 0 Å². The standard InChI is InChI=1S/C56H36N6/c1-5-17-37(18-6-1)47-35-53(59-55(57-47)39-21-9-3-10-22-39)61-49-27-15-13-25-43(49)45-33-41(29-31-51(45)61)42-30-32-52-46(34-42)44-26-14-16-28-50(44)62(52)54-36-48(38-19-7-2-8-20-38)58-56(60-54)40-23-11-4-12-24-40/h1-36H. The van der Waals surface area contributed by atoms with Gasteiger partial charge in [0.25, 0.3) is 0 Å². The molecule has 0 fully saturated rings. The maximum absolute atomic E-state index is 5.23. The number of benzene rings is 8. The molecule has 12 rings (SSSR count). The zero-order valence-electron chi connectivity index (χ0n) is 33.5. The molecule has 8 aromatic carbocycles. The predicted octanol–water partition coefficient (Wildman–Crippen LogP) is 13.8. The fourth-order valence-corrected chi connectivity index (χ4v) is 8.84. The van der Waals surface area contributed by atoms with E-state index >= 15 is 0 Å². The van der Waals surface area contributed by atoms with Crippen LogP contribution in [-0.2, 0) is 0 Å². The van der Waals surface area contributed by atoms with E-state index in [0.717, 1.165) is 100 Å². The van der Waals surface area contributed by atoms with Crippen LogP contribution in [0.25, 0.3) is 112 Å². The molecule has 4 heterocycles. The van der Waals surface area contributed by atoms with Gasteiger partial charge in [-0.25, -0.2) is 19.9 Å². The van der Waals surface area contributed by atoms with E-state index in [4.69, 9.17) is 19.9 Å². The first-order valence-electron chi connectivity index (χ1n) is 20.8. The lowest BCUT2D eigenvalue weighted by Gasteiger charge is -2.12. The van der Waals surface area contributed by atoms with Gasteiger partial charge >= 0.3 is 0 Å². The minimum atomic E-state index is 0.687. The molecule has 0 spiro atoms. The van der Waals surface area contributed by atoms with Crippen molar-refractivity contribution in [2.75, 3.05) is 0 Å². The summed E-state index contributed by atoms with van der Waals surface area (Å²) in [6, 6.07) is 76.1. The number of hydrogen-bond acceptors (Lipinski definition) is 4. The zero-order chi connectivity index (χ0) is 41.0. The normalized spacial score (nSPS) is 11.5.